The minimum Gasteiger partial charge on any atom is -0.312 e. The molecule has 0 saturated heterocycles. The van der Waals surface area contributed by atoms with Crippen LogP contribution < -0.4 is 5.32 Å². The van der Waals surface area contributed by atoms with Crippen LogP contribution in [0, 0.1) is 0 Å². The summed E-state index contributed by atoms with van der Waals surface area (Å²) in [6, 6.07) is 2.09. The molecule has 19 heavy (non-hydrogen) atoms. The lowest BCUT2D eigenvalue weighted by Gasteiger charge is -2.21. The monoisotopic (exact) mass is 337 g/mol. The lowest BCUT2D eigenvalue weighted by atomic mass is 9.98. The van der Waals surface area contributed by atoms with Crippen LogP contribution in [-0.2, 0) is 13.0 Å². The third-order valence-electron chi connectivity index (χ3n) is 3.30. The van der Waals surface area contributed by atoms with Gasteiger partial charge in [0.15, 0.2) is 5.82 Å². The quantitative estimate of drug-likeness (QED) is 0.907. The number of aromatic nitrogens is 2. The number of halogens is 1. The van der Waals surface area contributed by atoms with Gasteiger partial charge in [-0.2, -0.15) is 0 Å². The molecule has 0 radical (unpaired) electrons. The summed E-state index contributed by atoms with van der Waals surface area (Å²) in [6.07, 6.45) is 0.997. The van der Waals surface area contributed by atoms with Crippen molar-refractivity contribution in [3.8, 4) is 10.7 Å². The van der Waals surface area contributed by atoms with Gasteiger partial charge < -0.3 is 5.32 Å². The molecule has 1 aliphatic rings. The lowest BCUT2D eigenvalue weighted by molar-refractivity contribution is 0.609. The van der Waals surface area contributed by atoms with E-state index in [2.05, 4.69) is 46.5 Å². The van der Waals surface area contributed by atoms with Gasteiger partial charge in [0, 0.05) is 34.9 Å². The summed E-state index contributed by atoms with van der Waals surface area (Å²) < 4.78 is 1.10. The Hall–Kier alpha value is -0.780. The molecule has 0 aromatic carbocycles. The van der Waals surface area contributed by atoms with E-state index in [-0.39, 0.29) is 0 Å². The van der Waals surface area contributed by atoms with Crippen LogP contribution in [0.3, 0.4) is 0 Å². The summed E-state index contributed by atoms with van der Waals surface area (Å²) in [6.45, 7) is 6.31. The van der Waals surface area contributed by atoms with E-state index in [1.54, 1.807) is 11.3 Å². The van der Waals surface area contributed by atoms with E-state index in [1.165, 1.54) is 17.0 Å². The molecule has 3 heterocycles. The highest BCUT2D eigenvalue weighted by Gasteiger charge is 2.20. The molecular formula is C14H16BrN3S. The molecule has 0 spiro atoms. The zero-order chi connectivity index (χ0) is 13.4. The maximum Gasteiger partial charge on any atom is 0.169 e. The molecule has 3 rings (SSSR count). The van der Waals surface area contributed by atoms with Gasteiger partial charge in [0.2, 0.25) is 0 Å². The number of hydrogen-bond donors (Lipinski definition) is 1. The molecule has 0 aliphatic carbocycles. The summed E-state index contributed by atoms with van der Waals surface area (Å²) in [7, 11) is 0. The lowest BCUT2D eigenvalue weighted by Crippen LogP contribution is -2.27. The van der Waals surface area contributed by atoms with E-state index in [0.717, 1.165) is 34.7 Å². The van der Waals surface area contributed by atoms with Gasteiger partial charge >= 0.3 is 0 Å². The van der Waals surface area contributed by atoms with Crippen molar-refractivity contribution in [2.75, 3.05) is 6.54 Å². The summed E-state index contributed by atoms with van der Waals surface area (Å²) in [5.74, 6) is 1.30. The predicted molar refractivity (Wildman–Crippen MR) is 82.5 cm³/mol. The van der Waals surface area contributed by atoms with Gasteiger partial charge in [0.25, 0.3) is 0 Å². The fourth-order valence-electron chi connectivity index (χ4n) is 2.39. The highest BCUT2D eigenvalue weighted by atomic mass is 79.9. The first-order valence-corrected chi connectivity index (χ1v) is 8.17. The van der Waals surface area contributed by atoms with Gasteiger partial charge in [-0.1, -0.05) is 13.8 Å². The van der Waals surface area contributed by atoms with Crippen LogP contribution in [0.2, 0.25) is 0 Å². The molecule has 0 fully saturated rings. The summed E-state index contributed by atoms with van der Waals surface area (Å²) in [5, 5.41) is 5.49. The van der Waals surface area contributed by atoms with Gasteiger partial charge in [0.05, 0.1) is 16.3 Å². The SMILES string of the molecule is CC(C)c1nc(-c2cc(Br)cs2)nc2c1CNCC2. The van der Waals surface area contributed by atoms with E-state index in [4.69, 9.17) is 9.97 Å². The average Bonchev–Trinajstić information content (AvgIpc) is 2.84. The van der Waals surface area contributed by atoms with Crippen molar-refractivity contribution in [1.82, 2.24) is 15.3 Å². The molecule has 2 aromatic rings. The highest BCUT2D eigenvalue weighted by molar-refractivity contribution is 9.10. The Balaban J connectivity index is 2.14. The molecule has 0 atom stereocenters. The van der Waals surface area contributed by atoms with Gasteiger partial charge in [0.1, 0.15) is 0 Å². The van der Waals surface area contributed by atoms with Crippen molar-refractivity contribution in [3.05, 3.63) is 32.9 Å². The topological polar surface area (TPSA) is 37.8 Å². The summed E-state index contributed by atoms with van der Waals surface area (Å²) in [5.41, 5.74) is 3.72. The number of thiophene rings is 1. The van der Waals surface area contributed by atoms with Crippen LogP contribution >= 0.6 is 27.3 Å². The van der Waals surface area contributed by atoms with E-state index in [9.17, 15) is 0 Å². The molecule has 3 nitrogen and oxygen atoms in total. The van der Waals surface area contributed by atoms with Gasteiger partial charge in [-0.25, -0.2) is 9.97 Å². The Bertz CT molecular complexity index is 607. The van der Waals surface area contributed by atoms with Crippen molar-refractivity contribution in [2.24, 2.45) is 0 Å². The van der Waals surface area contributed by atoms with Crippen LogP contribution in [0.4, 0.5) is 0 Å². The van der Waals surface area contributed by atoms with Gasteiger partial charge in [-0.3, -0.25) is 0 Å². The van der Waals surface area contributed by atoms with Crippen LogP contribution in [-0.4, -0.2) is 16.5 Å². The third-order valence-corrected chi connectivity index (χ3v) is 4.99. The molecule has 1 aliphatic heterocycles. The normalized spacial score (nSPS) is 14.7. The second-order valence-corrected chi connectivity index (χ2v) is 6.90. The first-order valence-electron chi connectivity index (χ1n) is 6.50. The average molecular weight is 338 g/mol. The minimum atomic E-state index is 0.429. The van der Waals surface area contributed by atoms with E-state index < -0.39 is 0 Å². The first kappa shape index (κ1) is 13.2. The molecule has 0 bridgehead atoms. The van der Waals surface area contributed by atoms with Crippen molar-refractivity contribution < 1.29 is 0 Å². The summed E-state index contributed by atoms with van der Waals surface area (Å²) in [4.78, 5) is 10.7. The second kappa shape index (κ2) is 5.31. The smallest absolute Gasteiger partial charge is 0.169 e. The minimum absolute atomic E-state index is 0.429. The Morgan fingerprint density at radius 3 is 2.89 bits per heavy atom. The molecule has 1 N–H and O–H groups in total. The molecular weight excluding hydrogens is 322 g/mol. The fraction of sp³-hybridized carbons (Fsp3) is 0.429. The number of rotatable bonds is 2. The molecule has 5 heteroatoms. The predicted octanol–water partition coefficient (Wildman–Crippen LogP) is 3.74. The van der Waals surface area contributed by atoms with Crippen LogP contribution in [0.5, 0.6) is 0 Å². The van der Waals surface area contributed by atoms with Crippen molar-refractivity contribution in [2.45, 2.75) is 32.7 Å². The first-order chi connectivity index (χ1) is 9.15. The fourth-order valence-corrected chi connectivity index (χ4v) is 3.75. The largest absolute Gasteiger partial charge is 0.312 e. The molecule has 2 aromatic heterocycles. The van der Waals surface area contributed by atoms with Crippen LogP contribution in [0.15, 0.2) is 15.9 Å². The highest BCUT2D eigenvalue weighted by Crippen LogP contribution is 2.31. The van der Waals surface area contributed by atoms with E-state index in [1.807, 2.05) is 0 Å². The van der Waals surface area contributed by atoms with Crippen molar-refractivity contribution in [1.29, 1.82) is 0 Å². The van der Waals surface area contributed by atoms with Crippen molar-refractivity contribution in [3.63, 3.8) is 0 Å². The maximum absolute atomic E-state index is 4.81. The number of nitrogens with one attached hydrogen (secondary N) is 1. The summed E-state index contributed by atoms with van der Waals surface area (Å²) >= 11 is 5.18. The number of hydrogen-bond acceptors (Lipinski definition) is 4. The number of fused-ring (bicyclic) bond motifs is 1. The molecule has 0 unspecified atom stereocenters. The zero-order valence-corrected chi connectivity index (χ0v) is 13.4. The second-order valence-electron chi connectivity index (χ2n) is 5.07. The molecule has 0 amide bonds. The molecule has 0 saturated carbocycles. The standard InChI is InChI=1S/C14H16BrN3S/c1-8(2)13-10-6-16-4-3-11(10)17-14(18-13)12-5-9(15)7-19-12/h5,7-8,16H,3-4,6H2,1-2H3. The third kappa shape index (κ3) is 2.59. The molecule has 100 valence electrons. The van der Waals surface area contributed by atoms with Gasteiger partial charge in [-0.15, -0.1) is 11.3 Å². The Morgan fingerprint density at radius 1 is 1.37 bits per heavy atom. The maximum atomic E-state index is 4.81. The van der Waals surface area contributed by atoms with Crippen LogP contribution in [0.25, 0.3) is 10.7 Å². The Morgan fingerprint density at radius 2 is 2.21 bits per heavy atom. The Labute approximate surface area is 125 Å². The van der Waals surface area contributed by atoms with Crippen molar-refractivity contribution >= 4 is 27.3 Å². The Kier molecular flexibility index (Phi) is 3.69. The zero-order valence-electron chi connectivity index (χ0n) is 11.0. The number of nitrogens with zero attached hydrogens (tertiary/aromatic N) is 2. The van der Waals surface area contributed by atoms with Crippen LogP contribution in [0.1, 0.15) is 36.7 Å². The van der Waals surface area contributed by atoms with Gasteiger partial charge in [-0.05, 0) is 27.9 Å². The van der Waals surface area contributed by atoms with E-state index in [0.29, 0.717) is 5.92 Å². The van der Waals surface area contributed by atoms with E-state index >= 15 is 0 Å².